The number of carbonyl (C=O) groups is 2. The highest BCUT2D eigenvalue weighted by atomic mass is 16.7. The standard InChI is InChI=1S/C17H28O4/c1-2-20-17(19)21-16(14-11-7-4-8-12-14)15(18)13-9-5-3-6-10-13/h13-14,16H,2-12H2,1H3. The molecule has 21 heavy (non-hydrogen) atoms. The quantitative estimate of drug-likeness (QED) is 0.711. The lowest BCUT2D eigenvalue weighted by atomic mass is 9.77. The topological polar surface area (TPSA) is 52.6 Å². The van der Waals surface area contributed by atoms with Crippen molar-refractivity contribution in [2.45, 2.75) is 77.2 Å². The Morgan fingerprint density at radius 2 is 1.52 bits per heavy atom. The third-order valence-electron chi connectivity index (χ3n) is 4.85. The zero-order valence-electron chi connectivity index (χ0n) is 13.1. The lowest BCUT2D eigenvalue weighted by molar-refractivity contribution is -0.137. The molecule has 2 aliphatic rings. The molecular weight excluding hydrogens is 268 g/mol. The molecule has 1 unspecified atom stereocenters. The van der Waals surface area contributed by atoms with Crippen molar-refractivity contribution in [3.05, 3.63) is 0 Å². The lowest BCUT2D eigenvalue weighted by Crippen LogP contribution is -2.40. The van der Waals surface area contributed by atoms with Gasteiger partial charge in [0.1, 0.15) is 0 Å². The van der Waals surface area contributed by atoms with Gasteiger partial charge < -0.3 is 9.47 Å². The smallest absolute Gasteiger partial charge is 0.435 e. The summed E-state index contributed by atoms with van der Waals surface area (Å²) in [4.78, 5) is 24.5. The van der Waals surface area contributed by atoms with Crippen molar-refractivity contribution < 1.29 is 19.1 Å². The summed E-state index contributed by atoms with van der Waals surface area (Å²) in [5.74, 6) is 0.423. The molecule has 2 fully saturated rings. The maximum absolute atomic E-state index is 12.8. The van der Waals surface area contributed by atoms with E-state index in [0.717, 1.165) is 51.4 Å². The lowest BCUT2D eigenvalue weighted by Gasteiger charge is -2.32. The van der Waals surface area contributed by atoms with Crippen molar-refractivity contribution >= 4 is 11.9 Å². The van der Waals surface area contributed by atoms with Gasteiger partial charge in [0, 0.05) is 11.8 Å². The molecule has 0 saturated heterocycles. The molecule has 0 aromatic heterocycles. The minimum Gasteiger partial charge on any atom is -0.435 e. The Hall–Kier alpha value is -1.06. The number of Topliss-reactive ketones (excluding diaryl/α,β-unsaturated/α-hetero) is 1. The minimum absolute atomic E-state index is 0.0834. The van der Waals surface area contributed by atoms with Crippen molar-refractivity contribution in [1.29, 1.82) is 0 Å². The molecule has 0 aromatic rings. The average Bonchev–Trinajstić information content (AvgIpc) is 2.54. The van der Waals surface area contributed by atoms with Crippen molar-refractivity contribution in [3.8, 4) is 0 Å². The summed E-state index contributed by atoms with van der Waals surface area (Å²) in [6, 6.07) is 0. The highest BCUT2D eigenvalue weighted by Gasteiger charge is 2.37. The monoisotopic (exact) mass is 296 g/mol. The Morgan fingerprint density at radius 3 is 2.10 bits per heavy atom. The summed E-state index contributed by atoms with van der Waals surface area (Å²) < 4.78 is 10.3. The van der Waals surface area contributed by atoms with E-state index >= 15 is 0 Å². The number of hydrogen-bond donors (Lipinski definition) is 0. The Bertz CT molecular complexity index is 341. The van der Waals surface area contributed by atoms with Gasteiger partial charge in [-0.1, -0.05) is 38.5 Å². The molecule has 0 aliphatic heterocycles. The van der Waals surface area contributed by atoms with Gasteiger partial charge in [0.2, 0.25) is 0 Å². The van der Waals surface area contributed by atoms with E-state index in [1.165, 1.54) is 12.8 Å². The summed E-state index contributed by atoms with van der Waals surface area (Å²) in [7, 11) is 0. The molecule has 120 valence electrons. The third-order valence-corrected chi connectivity index (χ3v) is 4.85. The summed E-state index contributed by atoms with van der Waals surface area (Å²) in [6.07, 6.45) is 9.56. The Morgan fingerprint density at radius 1 is 0.952 bits per heavy atom. The zero-order chi connectivity index (χ0) is 15.1. The van der Waals surface area contributed by atoms with Crippen molar-refractivity contribution in [2.75, 3.05) is 6.61 Å². The van der Waals surface area contributed by atoms with Crippen LogP contribution in [0, 0.1) is 11.8 Å². The van der Waals surface area contributed by atoms with Gasteiger partial charge in [-0.3, -0.25) is 4.79 Å². The maximum atomic E-state index is 12.8. The molecule has 1 atom stereocenters. The number of ketones is 1. The van der Waals surface area contributed by atoms with E-state index in [1.807, 2.05) is 0 Å². The fourth-order valence-electron chi connectivity index (χ4n) is 3.70. The van der Waals surface area contributed by atoms with Crippen LogP contribution in [0.5, 0.6) is 0 Å². The molecule has 0 heterocycles. The van der Waals surface area contributed by atoms with E-state index in [9.17, 15) is 9.59 Å². The first-order valence-corrected chi connectivity index (χ1v) is 8.59. The molecule has 0 N–H and O–H groups in total. The Balaban J connectivity index is 2.01. The van der Waals surface area contributed by atoms with Crippen LogP contribution >= 0.6 is 0 Å². The third kappa shape index (κ3) is 4.72. The summed E-state index contributed by atoms with van der Waals surface area (Å²) in [5.41, 5.74) is 0. The van der Waals surface area contributed by atoms with Gasteiger partial charge in [0.05, 0.1) is 6.61 Å². The van der Waals surface area contributed by atoms with Crippen molar-refractivity contribution in [1.82, 2.24) is 0 Å². The second-order valence-electron chi connectivity index (χ2n) is 6.36. The summed E-state index contributed by atoms with van der Waals surface area (Å²) in [5, 5.41) is 0. The molecule has 0 bridgehead atoms. The van der Waals surface area contributed by atoms with Crippen LogP contribution in [0.3, 0.4) is 0 Å². The Kier molecular flexibility index (Phi) is 6.52. The van der Waals surface area contributed by atoms with Crippen LogP contribution in [0.25, 0.3) is 0 Å². The molecule has 0 radical (unpaired) electrons. The molecule has 0 spiro atoms. The average molecular weight is 296 g/mol. The summed E-state index contributed by atoms with van der Waals surface area (Å²) >= 11 is 0. The van der Waals surface area contributed by atoms with Crippen molar-refractivity contribution in [2.24, 2.45) is 11.8 Å². The van der Waals surface area contributed by atoms with E-state index in [4.69, 9.17) is 9.47 Å². The molecular formula is C17H28O4. The summed E-state index contributed by atoms with van der Waals surface area (Å²) in [6.45, 7) is 2.04. The van der Waals surface area contributed by atoms with E-state index in [0.29, 0.717) is 0 Å². The molecule has 4 heteroatoms. The van der Waals surface area contributed by atoms with Gasteiger partial charge in [-0.25, -0.2) is 4.79 Å². The fourth-order valence-corrected chi connectivity index (χ4v) is 3.70. The van der Waals surface area contributed by atoms with Gasteiger partial charge in [0.15, 0.2) is 11.9 Å². The predicted octanol–water partition coefficient (Wildman–Crippen LogP) is 4.26. The van der Waals surface area contributed by atoms with Crippen LogP contribution in [-0.2, 0) is 14.3 Å². The van der Waals surface area contributed by atoms with Crippen LogP contribution in [0.15, 0.2) is 0 Å². The molecule has 4 nitrogen and oxygen atoms in total. The van der Waals surface area contributed by atoms with Gasteiger partial charge in [-0.05, 0) is 32.6 Å². The normalized spacial score (nSPS) is 22.5. The predicted molar refractivity (Wildman–Crippen MR) is 80.1 cm³/mol. The van der Waals surface area contributed by atoms with E-state index in [-0.39, 0.29) is 24.2 Å². The van der Waals surface area contributed by atoms with Crippen LogP contribution in [0.4, 0.5) is 4.79 Å². The zero-order valence-corrected chi connectivity index (χ0v) is 13.1. The first-order chi connectivity index (χ1) is 10.2. The first kappa shape index (κ1) is 16.3. The Labute approximate surface area is 127 Å². The van der Waals surface area contributed by atoms with E-state index < -0.39 is 12.3 Å². The first-order valence-electron chi connectivity index (χ1n) is 8.59. The van der Waals surface area contributed by atoms with Crippen LogP contribution in [0.2, 0.25) is 0 Å². The minimum atomic E-state index is -0.683. The maximum Gasteiger partial charge on any atom is 0.508 e. The molecule has 2 rings (SSSR count). The number of hydrogen-bond acceptors (Lipinski definition) is 4. The number of rotatable bonds is 5. The molecule has 2 aliphatic carbocycles. The van der Waals surface area contributed by atoms with Gasteiger partial charge in [-0.15, -0.1) is 0 Å². The van der Waals surface area contributed by atoms with Gasteiger partial charge in [-0.2, -0.15) is 0 Å². The molecule has 0 aromatic carbocycles. The van der Waals surface area contributed by atoms with Crippen LogP contribution in [-0.4, -0.2) is 24.6 Å². The molecule has 2 saturated carbocycles. The SMILES string of the molecule is CCOC(=O)OC(C(=O)C1CCCCC1)C1CCCCC1. The van der Waals surface area contributed by atoms with E-state index in [2.05, 4.69) is 0 Å². The van der Waals surface area contributed by atoms with Gasteiger partial charge in [0.25, 0.3) is 0 Å². The van der Waals surface area contributed by atoms with Crippen LogP contribution in [0.1, 0.15) is 71.1 Å². The second-order valence-corrected chi connectivity index (χ2v) is 6.36. The van der Waals surface area contributed by atoms with Crippen LogP contribution < -0.4 is 0 Å². The second kappa shape index (κ2) is 8.40. The highest BCUT2D eigenvalue weighted by molar-refractivity contribution is 5.87. The van der Waals surface area contributed by atoms with Gasteiger partial charge >= 0.3 is 6.16 Å². The van der Waals surface area contributed by atoms with E-state index in [1.54, 1.807) is 6.92 Å². The largest absolute Gasteiger partial charge is 0.508 e. The fraction of sp³-hybridized carbons (Fsp3) is 0.882. The number of ether oxygens (including phenoxy) is 2. The number of carbonyl (C=O) groups excluding carboxylic acids is 2. The molecule has 0 amide bonds. The highest BCUT2D eigenvalue weighted by Crippen LogP contribution is 2.33. The van der Waals surface area contributed by atoms with Crippen molar-refractivity contribution in [3.63, 3.8) is 0 Å².